The highest BCUT2D eigenvalue weighted by atomic mass is 79.9. The van der Waals surface area contributed by atoms with Gasteiger partial charge in [-0.1, -0.05) is 58.0 Å². The molecule has 0 fully saturated rings. The summed E-state index contributed by atoms with van der Waals surface area (Å²) >= 11 is 4.56. The van der Waals surface area contributed by atoms with Crippen molar-refractivity contribution in [3.05, 3.63) is 88.4 Å². The zero-order valence-electron chi connectivity index (χ0n) is 17.5. The van der Waals surface area contributed by atoms with Crippen molar-refractivity contribution in [3.8, 4) is 11.5 Å². The second-order valence-corrected chi connectivity index (χ2v) is 8.91. The summed E-state index contributed by atoms with van der Waals surface area (Å²) in [7, 11) is 0. The summed E-state index contributed by atoms with van der Waals surface area (Å²) in [6.45, 7) is 1.89. The Bertz CT molecular complexity index is 1290. The lowest BCUT2D eigenvalue weighted by atomic mass is 10.1. The van der Waals surface area contributed by atoms with Crippen LogP contribution in [-0.4, -0.2) is 27.8 Å². The number of aryl methyl sites for hydroxylation is 1. The van der Waals surface area contributed by atoms with Crippen LogP contribution in [0.1, 0.15) is 15.9 Å². The molecule has 0 unspecified atom stereocenters. The van der Waals surface area contributed by atoms with E-state index in [0.29, 0.717) is 28.1 Å². The lowest BCUT2D eigenvalue weighted by Crippen LogP contribution is -2.15. The lowest BCUT2D eigenvalue weighted by molar-refractivity contribution is -0.113. The second-order valence-electron chi connectivity index (χ2n) is 7.07. The Balaban J connectivity index is 1.35. The van der Waals surface area contributed by atoms with Crippen molar-refractivity contribution >= 4 is 50.9 Å². The first-order chi connectivity index (χ1) is 16.0. The van der Waals surface area contributed by atoms with Gasteiger partial charge in [0.2, 0.25) is 11.8 Å². The van der Waals surface area contributed by atoms with Gasteiger partial charge in [-0.2, -0.15) is 0 Å². The fourth-order valence-electron chi connectivity index (χ4n) is 2.95. The van der Waals surface area contributed by atoms with Crippen LogP contribution in [0.15, 0.2) is 86.9 Å². The molecule has 9 heteroatoms. The molecule has 2 N–H and O–H groups in total. The summed E-state index contributed by atoms with van der Waals surface area (Å²) in [6, 6.07) is 21.8. The number of halogens is 1. The minimum Gasteiger partial charge on any atom is -0.411 e. The quantitative estimate of drug-likeness (QED) is 0.298. The molecular formula is C24H19BrN4O3S. The van der Waals surface area contributed by atoms with Crippen LogP contribution in [0.25, 0.3) is 11.5 Å². The van der Waals surface area contributed by atoms with Crippen LogP contribution in [0.4, 0.5) is 11.4 Å². The number of thioether (sulfide) groups is 1. The number of anilines is 2. The number of hydrogen-bond acceptors (Lipinski definition) is 6. The zero-order chi connectivity index (χ0) is 23.2. The minimum absolute atomic E-state index is 0.0969. The van der Waals surface area contributed by atoms with Gasteiger partial charge >= 0.3 is 0 Å². The number of carbonyl (C=O) groups is 2. The Kier molecular flexibility index (Phi) is 7.21. The fraction of sp³-hybridized carbons (Fsp3) is 0.0833. The van der Waals surface area contributed by atoms with Gasteiger partial charge in [-0.15, -0.1) is 10.2 Å². The van der Waals surface area contributed by atoms with Crippen molar-refractivity contribution in [2.75, 3.05) is 16.4 Å². The molecule has 3 aromatic carbocycles. The Morgan fingerprint density at radius 2 is 1.79 bits per heavy atom. The van der Waals surface area contributed by atoms with Crippen molar-refractivity contribution in [2.24, 2.45) is 0 Å². The molecule has 166 valence electrons. The molecule has 0 aliphatic carbocycles. The number of rotatable bonds is 7. The Morgan fingerprint density at radius 1 is 0.970 bits per heavy atom. The monoisotopic (exact) mass is 522 g/mol. The molecule has 0 bridgehead atoms. The third-order valence-corrected chi connectivity index (χ3v) is 5.92. The van der Waals surface area contributed by atoms with E-state index >= 15 is 0 Å². The van der Waals surface area contributed by atoms with Crippen LogP contribution in [0.3, 0.4) is 0 Å². The Hall–Kier alpha value is -3.43. The standard InChI is InChI=1S/C24H19BrN4O3S/c1-15-10-11-19(13-20(15)27-22(31)16-6-3-2-4-7-16)26-21(30)14-33-24-29-28-23(32-24)17-8-5-9-18(25)12-17/h2-13H,14H2,1H3,(H,26,30)(H,27,31). The normalized spacial score (nSPS) is 10.6. The van der Waals surface area contributed by atoms with Crippen molar-refractivity contribution in [3.63, 3.8) is 0 Å². The van der Waals surface area contributed by atoms with Gasteiger partial charge in [0, 0.05) is 27.0 Å². The molecule has 0 saturated heterocycles. The van der Waals surface area contributed by atoms with Gasteiger partial charge in [-0.05, 0) is 55.0 Å². The molecule has 0 radical (unpaired) electrons. The summed E-state index contributed by atoms with van der Waals surface area (Å²) in [6.07, 6.45) is 0. The topological polar surface area (TPSA) is 97.1 Å². The second kappa shape index (κ2) is 10.5. The lowest BCUT2D eigenvalue weighted by Gasteiger charge is -2.11. The molecule has 2 amide bonds. The summed E-state index contributed by atoms with van der Waals surface area (Å²) in [5.41, 5.74) is 3.44. The van der Waals surface area contributed by atoms with Crippen LogP contribution in [0.2, 0.25) is 0 Å². The zero-order valence-corrected chi connectivity index (χ0v) is 19.9. The minimum atomic E-state index is -0.230. The highest BCUT2D eigenvalue weighted by Crippen LogP contribution is 2.26. The molecule has 4 rings (SSSR count). The van der Waals surface area contributed by atoms with Gasteiger partial charge in [-0.25, -0.2) is 0 Å². The number of amides is 2. The van der Waals surface area contributed by atoms with E-state index in [9.17, 15) is 9.59 Å². The number of nitrogens with one attached hydrogen (secondary N) is 2. The number of carbonyl (C=O) groups excluding carboxylic acids is 2. The van der Waals surface area contributed by atoms with E-state index in [1.165, 1.54) is 0 Å². The predicted octanol–water partition coefficient (Wildman–Crippen LogP) is 5.79. The van der Waals surface area contributed by atoms with E-state index in [-0.39, 0.29) is 17.6 Å². The summed E-state index contributed by atoms with van der Waals surface area (Å²) in [4.78, 5) is 24.9. The smallest absolute Gasteiger partial charge is 0.277 e. The van der Waals surface area contributed by atoms with Crippen LogP contribution in [0.5, 0.6) is 0 Å². The first kappa shape index (κ1) is 22.8. The van der Waals surface area contributed by atoms with E-state index in [1.54, 1.807) is 36.4 Å². The fourth-order valence-corrected chi connectivity index (χ4v) is 3.91. The van der Waals surface area contributed by atoms with Gasteiger partial charge in [0.1, 0.15) is 0 Å². The van der Waals surface area contributed by atoms with Crippen LogP contribution in [-0.2, 0) is 4.79 Å². The summed E-state index contributed by atoms with van der Waals surface area (Å²) in [5, 5.41) is 14.1. The SMILES string of the molecule is Cc1ccc(NC(=O)CSc2nnc(-c3cccc(Br)c3)o2)cc1NC(=O)c1ccccc1. The molecule has 1 heterocycles. The molecule has 0 aliphatic rings. The third kappa shape index (κ3) is 6.09. The van der Waals surface area contributed by atoms with Crippen molar-refractivity contribution < 1.29 is 14.0 Å². The van der Waals surface area contributed by atoms with Crippen molar-refractivity contribution in [1.82, 2.24) is 10.2 Å². The van der Waals surface area contributed by atoms with E-state index < -0.39 is 0 Å². The third-order valence-electron chi connectivity index (χ3n) is 4.61. The molecular weight excluding hydrogens is 504 g/mol. The van der Waals surface area contributed by atoms with Crippen molar-refractivity contribution in [2.45, 2.75) is 12.1 Å². The molecule has 4 aromatic rings. The van der Waals surface area contributed by atoms with E-state index in [2.05, 4.69) is 36.8 Å². The van der Waals surface area contributed by atoms with Gasteiger partial charge in [0.25, 0.3) is 11.1 Å². The van der Waals surface area contributed by atoms with Crippen LogP contribution >= 0.6 is 27.7 Å². The molecule has 7 nitrogen and oxygen atoms in total. The maximum atomic E-state index is 12.5. The van der Waals surface area contributed by atoms with E-state index in [4.69, 9.17) is 4.42 Å². The number of nitrogens with zero attached hydrogens (tertiary/aromatic N) is 2. The number of aromatic nitrogens is 2. The van der Waals surface area contributed by atoms with E-state index in [0.717, 1.165) is 27.4 Å². The average molecular weight is 523 g/mol. The maximum Gasteiger partial charge on any atom is 0.277 e. The first-order valence-corrected chi connectivity index (χ1v) is 11.7. The van der Waals surface area contributed by atoms with Gasteiger partial charge < -0.3 is 15.1 Å². The van der Waals surface area contributed by atoms with E-state index in [1.807, 2.05) is 43.3 Å². The number of hydrogen-bond donors (Lipinski definition) is 2. The van der Waals surface area contributed by atoms with Gasteiger partial charge in [0.05, 0.1) is 5.75 Å². The van der Waals surface area contributed by atoms with Crippen LogP contribution in [0, 0.1) is 6.92 Å². The Labute approximate surface area is 203 Å². The van der Waals surface area contributed by atoms with Gasteiger partial charge in [-0.3, -0.25) is 9.59 Å². The van der Waals surface area contributed by atoms with Crippen molar-refractivity contribution in [1.29, 1.82) is 0 Å². The van der Waals surface area contributed by atoms with Gasteiger partial charge in [0.15, 0.2) is 0 Å². The first-order valence-electron chi connectivity index (χ1n) is 9.97. The molecule has 1 aromatic heterocycles. The molecule has 0 aliphatic heterocycles. The molecule has 0 saturated carbocycles. The summed E-state index contributed by atoms with van der Waals surface area (Å²) in [5.74, 6) is 0.0398. The molecule has 0 spiro atoms. The predicted molar refractivity (Wildman–Crippen MR) is 132 cm³/mol. The molecule has 0 atom stereocenters. The highest BCUT2D eigenvalue weighted by Gasteiger charge is 2.13. The summed E-state index contributed by atoms with van der Waals surface area (Å²) < 4.78 is 6.55. The highest BCUT2D eigenvalue weighted by molar-refractivity contribution is 9.10. The molecule has 33 heavy (non-hydrogen) atoms. The van der Waals surface area contributed by atoms with Crippen LogP contribution < -0.4 is 10.6 Å². The number of benzene rings is 3. The average Bonchev–Trinajstić information content (AvgIpc) is 3.30. The largest absolute Gasteiger partial charge is 0.411 e. The Morgan fingerprint density at radius 3 is 2.58 bits per heavy atom. The maximum absolute atomic E-state index is 12.5.